The lowest BCUT2D eigenvalue weighted by molar-refractivity contribution is 0.871. The van der Waals surface area contributed by atoms with E-state index in [4.69, 9.17) is 34.8 Å². The van der Waals surface area contributed by atoms with Crippen molar-refractivity contribution in [3.05, 3.63) is 80.9 Å². The Kier molecular flexibility index (Phi) is 5.95. The largest absolute Gasteiger partial charge is 0.362 e. The van der Waals surface area contributed by atoms with Crippen LogP contribution in [0.1, 0.15) is 29.7 Å². The minimum Gasteiger partial charge on any atom is -0.362 e. The molecule has 26 heavy (non-hydrogen) atoms. The molecule has 0 bridgehead atoms. The molecule has 4 nitrogen and oxygen atoms in total. The minimum atomic E-state index is -0.135. The van der Waals surface area contributed by atoms with E-state index in [0.717, 1.165) is 11.1 Å². The zero-order chi connectivity index (χ0) is 18.5. The number of halogens is 3. The maximum atomic E-state index is 6.28. The van der Waals surface area contributed by atoms with E-state index in [1.54, 1.807) is 30.7 Å². The molecule has 0 radical (unpaired) electrons. The third-order valence-electron chi connectivity index (χ3n) is 3.54. The molecule has 0 fully saturated rings. The zero-order valence-corrected chi connectivity index (χ0v) is 15.9. The molecular formula is C19H13Cl3N4. The molecule has 0 aliphatic carbocycles. The third kappa shape index (κ3) is 4.64. The van der Waals surface area contributed by atoms with Crippen LogP contribution >= 0.6 is 34.8 Å². The van der Waals surface area contributed by atoms with Gasteiger partial charge in [-0.15, -0.1) is 0 Å². The fraction of sp³-hybridized carbons (Fsp3) is 0.105. The Hall–Kier alpha value is -2.32. The van der Waals surface area contributed by atoms with Gasteiger partial charge in [0, 0.05) is 34.2 Å². The van der Waals surface area contributed by atoms with Gasteiger partial charge in [0.1, 0.15) is 5.82 Å². The number of nitrogens with one attached hydrogen (secondary N) is 1. The van der Waals surface area contributed by atoms with Gasteiger partial charge < -0.3 is 5.32 Å². The normalized spacial score (nSPS) is 11.4. The molecule has 3 rings (SSSR count). The van der Waals surface area contributed by atoms with Gasteiger partial charge in [-0.2, -0.15) is 4.98 Å². The summed E-state index contributed by atoms with van der Waals surface area (Å²) < 4.78 is 0. The quantitative estimate of drug-likeness (QED) is 0.469. The lowest BCUT2D eigenvalue weighted by Gasteiger charge is -2.17. The van der Waals surface area contributed by atoms with E-state index in [9.17, 15) is 0 Å². The van der Waals surface area contributed by atoms with Crippen LogP contribution in [0.15, 0.2) is 48.9 Å². The third-order valence-corrected chi connectivity index (χ3v) is 4.29. The summed E-state index contributed by atoms with van der Waals surface area (Å²) in [5.74, 6) is 6.61. The highest BCUT2D eigenvalue weighted by atomic mass is 35.5. The molecule has 1 atom stereocenters. The van der Waals surface area contributed by atoms with Crippen LogP contribution in [0.4, 0.5) is 5.82 Å². The van der Waals surface area contributed by atoms with E-state index in [1.807, 2.05) is 25.1 Å². The number of rotatable bonds is 3. The van der Waals surface area contributed by atoms with Crippen molar-refractivity contribution in [3.8, 4) is 11.8 Å². The number of aromatic nitrogens is 3. The van der Waals surface area contributed by atoms with E-state index in [-0.39, 0.29) is 11.3 Å². The van der Waals surface area contributed by atoms with Gasteiger partial charge >= 0.3 is 0 Å². The predicted molar refractivity (Wildman–Crippen MR) is 106 cm³/mol. The van der Waals surface area contributed by atoms with Crippen molar-refractivity contribution in [2.75, 3.05) is 5.32 Å². The second kappa shape index (κ2) is 8.37. The van der Waals surface area contributed by atoms with E-state index in [2.05, 4.69) is 32.1 Å². The second-order valence-corrected chi connectivity index (χ2v) is 6.61. The van der Waals surface area contributed by atoms with Crippen LogP contribution in [0.2, 0.25) is 15.3 Å². The monoisotopic (exact) mass is 402 g/mol. The molecule has 3 aromatic rings. The van der Waals surface area contributed by atoms with Crippen LogP contribution in [-0.2, 0) is 0 Å². The Bertz CT molecular complexity index is 981. The molecule has 0 saturated heterocycles. The SMILES string of the molecule is CC(Nc1nc(Cl)ncc1C#Cc1cccnc1)c1ccc(Cl)cc1Cl. The average molecular weight is 404 g/mol. The molecule has 1 unspecified atom stereocenters. The molecule has 7 heteroatoms. The molecule has 130 valence electrons. The molecule has 0 aliphatic heterocycles. The Labute approximate surface area is 166 Å². The molecular weight excluding hydrogens is 391 g/mol. The van der Waals surface area contributed by atoms with Gasteiger partial charge in [0.25, 0.3) is 0 Å². The second-order valence-electron chi connectivity index (χ2n) is 5.42. The topological polar surface area (TPSA) is 50.7 Å². The first-order valence-electron chi connectivity index (χ1n) is 7.69. The van der Waals surface area contributed by atoms with Crippen molar-refractivity contribution in [2.45, 2.75) is 13.0 Å². The Morgan fingerprint density at radius 2 is 1.92 bits per heavy atom. The number of pyridine rings is 1. The smallest absolute Gasteiger partial charge is 0.224 e. The van der Waals surface area contributed by atoms with Crippen LogP contribution in [-0.4, -0.2) is 15.0 Å². The average Bonchev–Trinajstić information content (AvgIpc) is 2.62. The van der Waals surface area contributed by atoms with Crippen molar-refractivity contribution in [1.82, 2.24) is 15.0 Å². The summed E-state index contributed by atoms with van der Waals surface area (Å²) in [7, 11) is 0. The number of hydrogen-bond donors (Lipinski definition) is 1. The van der Waals surface area contributed by atoms with Crippen LogP contribution in [0.3, 0.4) is 0 Å². The summed E-state index contributed by atoms with van der Waals surface area (Å²) in [6, 6.07) is 8.92. The first-order valence-corrected chi connectivity index (χ1v) is 8.82. The zero-order valence-electron chi connectivity index (χ0n) is 13.7. The van der Waals surface area contributed by atoms with Gasteiger partial charge in [0.05, 0.1) is 11.6 Å². The molecule has 1 aromatic carbocycles. The molecule has 1 N–H and O–H groups in total. The fourth-order valence-electron chi connectivity index (χ4n) is 2.27. The van der Waals surface area contributed by atoms with Crippen molar-refractivity contribution in [2.24, 2.45) is 0 Å². The van der Waals surface area contributed by atoms with Crippen LogP contribution in [0, 0.1) is 11.8 Å². The van der Waals surface area contributed by atoms with Crippen molar-refractivity contribution < 1.29 is 0 Å². The summed E-state index contributed by atoms with van der Waals surface area (Å²) in [5.41, 5.74) is 2.30. The molecule has 2 aromatic heterocycles. The van der Waals surface area contributed by atoms with Gasteiger partial charge in [0.2, 0.25) is 5.28 Å². The maximum absolute atomic E-state index is 6.28. The molecule has 0 saturated carbocycles. The Balaban J connectivity index is 1.90. The van der Waals surface area contributed by atoms with Gasteiger partial charge in [-0.3, -0.25) is 4.98 Å². The Morgan fingerprint density at radius 1 is 1.08 bits per heavy atom. The summed E-state index contributed by atoms with van der Waals surface area (Å²) in [6.45, 7) is 1.96. The summed E-state index contributed by atoms with van der Waals surface area (Å²) in [4.78, 5) is 12.3. The number of anilines is 1. The predicted octanol–water partition coefficient (Wildman–Crippen LogP) is 5.40. The van der Waals surface area contributed by atoms with E-state index < -0.39 is 0 Å². The summed E-state index contributed by atoms with van der Waals surface area (Å²) in [5, 5.41) is 4.57. The Morgan fingerprint density at radius 3 is 2.65 bits per heavy atom. The van der Waals surface area contributed by atoms with Crippen LogP contribution < -0.4 is 5.32 Å². The highest BCUT2D eigenvalue weighted by Gasteiger charge is 2.13. The van der Waals surface area contributed by atoms with Gasteiger partial charge in [-0.1, -0.05) is 41.1 Å². The number of hydrogen-bond acceptors (Lipinski definition) is 4. The molecule has 0 spiro atoms. The fourth-order valence-corrected chi connectivity index (χ4v) is 2.98. The van der Waals surface area contributed by atoms with Gasteiger partial charge in [-0.05, 0) is 48.4 Å². The first-order chi connectivity index (χ1) is 12.5. The van der Waals surface area contributed by atoms with Crippen LogP contribution in [0.25, 0.3) is 0 Å². The van der Waals surface area contributed by atoms with Crippen LogP contribution in [0.5, 0.6) is 0 Å². The van der Waals surface area contributed by atoms with Crippen molar-refractivity contribution >= 4 is 40.6 Å². The molecule has 0 amide bonds. The van der Waals surface area contributed by atoms with E-state index >= 15 is 0 Å². The maximum Gasteiger partial charge on any atom is 0.224 e. The van der Waals surface area contributed by atoms with Crippen molar-refractivity contribution in [1.29, 1.82) is 0 Å². The summed E-state index contributed by atoms with van der Waals surface area (Å²) >= 11 is 18.2. The van der Waals surface area contributed by atoms with E-state index in [0.29, 0.717) is 21.4 Å². The lowest BCUT2D eigenvalue weighted by Crippen LogP contribution is -2.10. The van der Waals surface area contributed by atoms with Gasteiger partial charge in [0.15, 0.2) is 0 Å². The summed E-state index contributed by atoms with van der Waals surface area (Å²) in [6.07, 6.45) is 4.96. The van der Waals surface area contributed by atoms with Crippen molar-refractivity contribution in [3.63, 3.8) is 0 Å². The highest BCUT2D eigenvalue weighted by Crippen LogP contribution is 2.29. The first kappa shape index (κ1) is 18.5. The molecule has 2 heterocycles. The standard InChI is InChI=1S/C19H13Cl3N4/c1-12(16-7-6-15(20)9-17(16)21)25-18-14(11-24-19(22)26-18)5-4-13-3-2-8-23-10-13/h2-3,6-12H,1H3,(H,24,25,26). The van der Waals surface area contributed by atoms with E-state index in [1.165, 1.54) is 0 Å². The minimum absolute atomic E-state index is 0.133. The highest BCUT2D eigenvalue weighted by molar-refractivity contribution is 6.35. The number of benzene rings is 1. The van der Waals surface area contributed by atoms with Gasteiger partial charge in [-0.25, -0.2) is 4.98 Å². The lowest BCUT2D eigenvalue weighted by atomic mass is 10.1. The molecule has 0 aliphatic rings. The number of nitrogens with zero attached hydrogens (tertiary/aromatic N) is 3.